The van der Waals surface area contributed by atoms with E-state index in [-0.39, 0.29) is 0 Å². The largest absolute Gasteiger partial charge is 0.311 e. The molecular weight excluding hydrogens is 236 g/mol. The van der Waals surface area contributed by atoms with E-state index in [9.17, 15) is 0 Å². The first-order valence-electron chi connectivity index (χ1n) is 6.46. The Morgan fingerprint density at radius 3 is 2.95 bits per heavy atom. The van der Waals surface area contributed by atoms with Crippen LogP contribution in [0.5, 0.6) is 0 Å². The van der Waals surface area contributed by atoms with Crippen LogP contribution in [0.15, 0.2) is 48.9 Å². The summed E-state index contributed by atoms with van der Waals surface area (Å²) < 4.78 is 2.09. The third-order valence-corrected chi connectivity index (χ3v) is 3.09. The molecule has 4 nitrogen and oxygen atoms in total. The fraction of sp³-hybridized carbons (Fsp3) is 0.200. The highest BCUT2D eigenvalue weighted by atomic mass is 15.0. The number of hydrogen-bond acceptors (Lipinski definition) is 3. The number of benzene rings is 1. The van der Waals surface area contributed by atoms with Gasteiger partial charge in [-0.15, -0.1) is 0 Å². The number of fused-ring (bicyclic) bond motifs is 1. The van der Waals surface area contributed by atoms with E-state index >= 15 is 0 Å². The Balaban J connectivity index is 2.01. The molecule has 0 spiro atoms. The summed E-state index contributed by atoms with van der Waals surface area (Å²) in [6.45, 7) is 3.82. The molecule has 0 unspecified atom stereocenters. The quantitative estimate of drug-likeness (QED) is 0.776. The van der Waals surface area contributed by atoms with Gasteiger partial charge in [0.05, 0.1) is 22.4 Å². The molecule has 0 bridgehead atoms. The van der Waals surface area contributed by atoms with Crippen molar-refractivity contribution in [1.82, 2.24) is 19.9 Å². The van der Waals surface area contributed by atoms with Gasteiger partial charge in [0, 0.05) is 12.7 Å². The number of nitrogens with zero attached hydrogens (tertiary/aromatic N) is 3. The first-order chi connectivity index (χ1) is 9.38. The highest BCUT2D eigenvalue weighted by molar-refractivity contribution is 5.77. The predicted octanol–water partition coefficient (Wildman–Crippen LogP) is 2.53. The fourth-order valence-corrected chi connectivity index (χ4v) is 2.13. The van der Waals surface area contributed by atoms with Crippen LogP contribution in [-0.2, 0) is 6.54 Å². The molecule has 0 aliphatic carbocycles. The number of imidazole rings is 1. The normalized spacial score (nSPS) is 11.0. The zero-order chi connectivity index (χ0) is 13.1. The molecule has 0 saturated heterocycles. The molecule has 0 atom stereocenters. The van der Waals surface area contributed by atoms with Crippen LogP contribution in [0.4, 0.5) is 0 Å². The van der Waals surface area contributed by atoms with Gasteiger partial charge in [-0.1, -0.05) is 19.1 Å². The molecule has 19 heavy (non-hydrogen) atoms. The maximum absolute atomic E-state index is 4.41. The van der Waals surface area contributed by atoms with Crippen molar-refractivity contribution in [1.29, 1.82) is 0 Å². The average molecular weight is 252 g/mol. The van der Waals surface area contributed by atoms with E-state index in [1.165, 1.54) is 0 Å². The molecule has 2 heterocycles. The van der Waals surface area contributed by atoms with E-state index in [4.69, 9.17) is 0 Å². The van der Waals surface area contributed by atoms with E-state index in [1.807, 2.05) is 36.8 Å². The van der Waals surface area contributed by atoms with Gasteiger partial charge in [-0.2, -0.15) is 0 Å². The molecule has 3 rings (SSSR count). The van der Waals surface area contributed by atoms with Gasteiger partial charge < -0.3 is 5.32 Å². The Kier molecular flexibility index (Phi) is 3.25. The predicted molar refractivity (Wildman–Crippen MR) is 76.2 cm³/mol. The number of rotatable bonds is 4. The highest BCUT2D eigenvalue weighted by Gasteiger charge is 2.04. The third-order valence-electron chi connectivity index (χ3n) is 3.09. The number of aromatic nitrogens is 3. The van der Waals surface area contributed by atoms with Crippen LogP contribution < -0.4 is 5.32 Å². The molecule has 0 saturated carbocycles. The second kappa shape index (κ2) is 5.20. The Hall–Kier alpha value is -2.20. The molecule has 1 aromatic carbocycles. The number of hydrogen-bond donors (Lipinski definition) is 1. The average Bonchev–Trinajstić information content (AvgIpc) is 2.89. The van der Waals surface area contributed by atoms with Gasteiger partial charge in [-0.3, -0.25) is 9.55 Å². The second-order valence-corrected chi connectivity index (χ2v) is 4.39. The molecular formula is C15H16N4. The summed E-state index contributed by atoms with van der Waals surface area (Å²) in [5.41, 5.74) is 4.25. The topological polar surface area (TPSA) is 42.7 Å². The minimum Gasteiger partial charge on any atom is -0.311 e. The molecule has 96 valence electrons. The zero-order valence-corrected chi connectivity index (χ0v) is 10.9. The van der Waals surface area contributed by atoms with Crippen LogP contribution in [0.2, 0.25) is 0 Å². The Morgan fingerprint density at radius 2 is 2.05 bits per heavy atom. The third kappa shape index (κ3) is 2.35. The van der Waals surface area contributed by atoms with Crippen molar-refractivity contribution < 1.29 is 0 Å². The van der Waals surface area contributed by atoms with Gasteiger partial charge in [0.15, 0.2) is 0 Å². The van der Waals surface area contributed by atoms with Crippen LogP contribution in [0.25, 0.3) is 16.7 Å². The van der Waals surface area contributed by atoms with Crippen LogP contribution in [0, 0.1) is 0 Å². The second-order valence-electron chi connectivity index (χ2n) is 4.39. The van der Waals surface area contributed by atoms with Gasteiger partial charge in [0.2, 0.25) is 0 Å². The SMILES string of the molecule is CCNCc1cc(-n2cnc3ccccc32)ccn1. The Bertz CT molecular complexity index is 687. The summed E-state index contributed by atoms with van der Waals surface area (Å²) in [7, 11) is 0. The highest BCUT2D eigenvalue weighted by Crippen LogP contribution is 2.17. The van der Waals surface area contributed by atoms with Gasteiger partial charge >= 0.3 is 0 Å². The minimum absolute atomic E-state index is 0.789. The van der Waals surface area contributed by atoms with Gasteiger partial charge in [-0.25, -0.2) is 4.98 Å². The van der Waals surface area contributed by atoms with Crippen molar-refractivity contribution >= 4 is 11.0 Å². The van der Waals surface area contributed by atoms with Crippen LogP contribution in [-0.4, -0.2) is 21.1 Å². The molecule has 0 radical (unpaired) electrons. The van der Waals surface area contributed by atoms with E-state index in [1.54, 1.807) is 0 Å². The summed E-state index contributed by atoms with van der Waals surface area (Å²) in [6.07, 6.45) is 3.70. The molecule has 0 aliphatic rings. The lowest BCUT2D eigenvalue weighted by Gasteiger charge is -2.07. The van der Waals surface area contributed by atoms with E-state index in [0.29, 0.717) is 0 Å². The van der Waals surface area contributed by atoms with Crippen molar-refractivity contribution in [2.24, 2.45) is 0 Å². The maximum Gasteiger partial charge on any atom is 0.100 e. The monoisotopic (exact) mass is 252 g/mol. The molecule has 4 heteroatoms. The summed E-state index contributed by atoms with van der Waals surface area (Å²) in [5.74, 6) is 0. The van der Waals surface area contributed by atoms with Crippen LogP contribution >= 0.6 is 0 Å². The lowest BCUT2D eigenvalue weighted by atomic mass is 10.3. The van der Waals surface area contributed by atoms with Crippen molar-refractivity contribution in [3.05, 3.63) is 54.6 Å². The van der Waals surface area contributed by atoms with E-state index < -0.39 is 0 Å². The molecule has 2 aromatic heterocycles. The zero-order valence-electron chi connectivity index (χ0n) is 10.9. The Morgan fingerprint density at radius 1 is 1.16 bits per heavy atom. The summed E-state index contributed by atoms with van der Waals surface area (Å²) >= 11 is 0. The molecule has 1 N–H and O–H groups in total. The molecule has 0 fully saturated rings. The smallest absolute Gasteiger partial charge is 0.100 e. The fourth-order valence-electron chi connectivity index (χ4n) is 2.13. The van der Waals surface area contributed by atoms with Gasteiger partial charge in [0.25, 0.3) is 0 Å². The lowest BCUT2D eigenvalue weighted by Crippen LogP contribution is -2.13. The summed E-state index contributed by atoms with van der Waals surface area (Å²) in [5, 5.41) is 3.29. The van der Waals surface area contributed by atoms with E-state index in [2.05, 4.69) is 38.9 Å². The lowest BCUT2D eigenvalue weighted by molar-refractivity contribution is 0.710. The standard InChI is InChI=1S/C15H16N4/c1-2-16-10-12-9-13(7-8-17-12)19-11-18-14-5-3-4-6-15(14)19/h3-9,11,16H,2,10H2,1H3. The van der Waals surface area contributed by atoms with Crippen molar-refractivity contribution in [3.63, 3.8) is 0 Å². The molecule has 3 aromatic rings. The van der Waals surface area contributed by atoms with Crippen molar-refractivity contribution in [2.75, 3.05) is 6.54 Å². The van der Waals surface area contributed by atoms with Gasteiger partial charge in [-0.05, 0) is 30.8 Å². The van der Waals surface area contributed by atoms with Crippen molar-refractivity contribution in [2.45, 2.75) is 13.5 Å². The summed E-state index contributed by atoms with van der Waals surface area (Å²) in [4.78, 5) is 8.78. The number of pyridine rings is 1. The summed E-state index contributed by atoms with van der Waals surface area (Å²) in [6, 6.07) is 12.2. The number of nitrogens with one attached hydrogen (secondary N) is 1. The van der Waals surface area contributed by atoms with Crippen LogP contribution in [0.1, 0.15) is 12.6 Å². The first kappa shape index (κ1) is 11.9. The number of para-hydroxylation sites is 2. The van der Waals surface area contributed by atoms with E-state index in [0.717, 1.165) is 35.5 Å². The van der Waals surface area contributed by atoms with Crippen molar-refractivity contribution in [3.8, 4) is 5.69 Å². The first-order valence-corrected chi connectivity index (χ1v) is 6.46. The minimum atomic E-state index is 0.789. The van der Waals surface area contributed by atoms with Gasteiger partial charge in [0.1, 0.15) is 6.33 Å². The Labute approximate surface area is 112 Å². The molecule has 0 aliphatic heterocycles. The maximum atomic E-state index is 4.41. The molecule has 0 amide bonds. The van der Waals surface area contributed by atoms with Crippen LogP contribution in [0.3, 0.4) is 0 Å².